The lowest BCUT2D eigenvalue weighted by Crippen LogP contribution is -2.50. The molecule has 1 heterocycles. The summed E-state index contributed by atoms with van der Waals surface area (Å²) in [5.74, 6) is -1.22. The molecule has 32 heavy (non-hydrogen) atoms. The second kappa shape index (κ2) is 9.07. The van der Waals surface area contributed by atoms with E-state index in [2.05, 4.69) is 5.32 Å². The zero-order valence-electron chi connectivity index (χ0n) is 16.5. The predicted octanol–water partition coefficient (Wildman–Crippen LogP) is 5.99. The third-order valence-corrected chi connectivity index (χ3v) is 7.09. The fourth-order valence-corrected chi connectivity index (χ4v) is 5.15. The first-order chi connectivity index (χ1) is 14.7. The minimum Gasteiger partial charge on any atom is -0.346 e. The Morgan fingerprint density at radius 3 is 2.16 bits per heavy atom. The highest BCUT2D eigenvalue weighted by Crippen LogP contribution is 2.48. The Morgan fingerprint density at radius 2 is 1.66 bits per heavy atom. The summed E-state index contributed by atoms with van der Waals surface area (Å²) in [6, 6.07) is 6.96. The molecule has 1 aliphatic rings. The van der Waals surface area contributed by atoms with Gasteiger partial charge >= 0.3 is 6.18 Å². The summed E-state index contributed by atoms with van der Waals surface area (Å²) in [6.45, 7) is 1.55. The van der Waals surface area contributed by atoms with Crippen LogP contribution >= 0.6 is 33.8 Å². The van der Waals surface area contributed by atoms with E-state index in [1.54, 1.807) is 6.92 Å². The molecule has 0 saturated carbocycles. The molecule has 172 valence electrons. The number of amides is 1. The molecule has 2 aromatic rings. The lowest BCUT2D eigenvalue weighted by atomic mass is 9.98. The van der Waals surface area contributed by atoms with Crippen LogP contribution in [0.2, 0.25) is 10.0 Å². The second-order valence-corrected chi connectivity index (χ2v) is 10.6. The van der Waals surface area contributed by atoms with Gasteiger partial charge in [-0.05, 0) is 54.5 Å². The van der Waals surface area contributed by atoms with Crippen LogP contribution in [0.3, 0.4) is 0 Å². The molecule has 0 atom stereocenters. The molecule has 0 unspecified atom stereocenters. The normalized spacial score (nSPS) is 17.4. The Kier molecular flexibility index (Phi) is 6.97. The van der Waals surface area contributed by atoms with E-state index in [4.69, 9.17) is 23.2 Å². The number of rotatable bonds is 5. The highest BCUT2D eigenvalue weighted by molar-refractivity contribution is 8.25. The second-order valence-electron chi connectivity index (χ2n) is 7.41. The van der Waals surface area contributed by atoms with Crippen LogP contribution in [-0.2, 0) is 0 Å². The lowest BCUT2D eigenvalue weighted by molar-refractivity contribution is -0.0689. The molecule has 2 aromatic carbocycles. The van der Waals surface area contributed by atoms with Crippen LogP contribution in [0.15, 0.2) is 42.5 Å². The SMILES string of the molecule is Cc1cc(C(=O)C=C(c2cc(Cl)cc(Cl)c2)C(F)(F)F)ccc1C(=O)NC1CS(O)(O)C1. The quantitative estimate of drug-likeness (QED) is 0.342. The number of nitrogens with one attached hydrogen (secondary N) is 1. The Labute approximate surface area is 193 Å². The fraction of sp³-hybridized carbons (Fsp3) is 0.238. The largest absolute Gasteiger partial charge is 0.417 e. The van der Waals surface area contributed by atoms with Gasteiger partial charge in [-0.15, -0.1) is 0 Å². The average molecular weight is 508 g/mol. The van der Waals surface area contributed by atoms with Crippen molar-refractivity contribution >= 4 is 51.1 Å². The molecule has 0 radical (unpaired) electrons. The number of halogens is 5. The first-order valence-corrected chi connectivity index (χ1v) is 11.8. The highest BCUT2D eigenvalue weighted by atomic mass is 35.5. The van der Waals surface area contributed by atoms with Crippen molar-refractivity contribution in [2.45, 2.75) is 19.1 Å². The number of carbonyl (C=O) groups is 2. The Morgan fingerprint density at radius 1 is 1.06 bits per heavy atom. The Hall–Kier alpha value is -2.04. The molecule has 11 heteroatoms. The average Bonchev–Trinajstić information content (AvgIpc) is 2.62. The number of aryl methyl sites for hydroxylation is 1. The molecule has 0 spiro atoms. The third-order valence-electron chi connectivity index (χ3n) is 4.78. The van der Waals surface area contributed by atoms with E-state index in [0.29, 0.717) is 11.6 Å². The van der Waals surface area contributed by atoms with Gasteiger partial charge in [0, 0.05) is 21.2 Å². The van der Waals surface area contributed by atoms with Crippen molar-refractivity contribution in [1.82, 2.24) is 5.32 Å². The maximum absolute atomic E-state index is 13.6. The molecule has 3 rings (SSSR count). The van der Waals surface area contributed by atoms with Crippen molar-refractivity contribution in [3.05, 3.63) is 74.8 Å². The number of allylic oxidation sites excluding steroid dienone is 2. The highest BCUT2D eigenvalue weighted by Gasteiger charge is 2.36. The zero-order chi connectivity index (χ0) is 23.8. The van der Waals surface area contributed by atoms with Crippen LogP contribution in [0.25, 0.3) is 5.57 Å². The van der Waals surface area contributed by atoms with Crippen molar-refractivity contribution in [2.75, 3.05) is 11.5 Å². The molecular formula is C21H18Cl2F3NO4S. The van der Waals surface area contributed by atoms with Crippen LogP contribution in [0, 0.1) is 6.92 Å². The summed E-state index contributed by atoms with van der Waals surface area (Å²) in [5, 5.41) is 2.64. The topological polar surface area (TPSA) is 86.6 Å². The maximum Gasteiger partial charge on any atom is 0.417 e. The van der Waals surface area contributed by atoms with E-state index in [-0.39, 0.29) is 44.3 Å². The van der Waals surface area contributed by atoms with E-state index in [0.717, 1.165) is 12.1 Å². The van der Waals surface area contributed by atoms with Gasteiger partial charge in [-0.25, -0.2) is 0 Å². The number of alkyl halides is 3. The number of hydrogen-bond donors (Lipinski definition) is 3. The van der Waals surface area contributed by atoms with Crippen LogP contribution in [0.5, 0.6) is 0 Å². The number of benzene rings is 2. The van der Waals surface area contributed by atoms with Gasteiger partial charge < -0.3 is 5.32 Å². The number of hydrogen-bond acceptors (Lipinski definition) is 4. The minimum absolute atomic E-state index is 0.00555. The molecule has 5 nitrogen and oxygen atoms in total. The smallest absolute Gasteiger partial charge is 0.346 e. The molecule has 3 N–H and O–H groups in total. The lowest BCUT2D eigenvalue weighted by Gasteiger charge is -2.47. The van der Waals surface area contributed by atoms with Gasteiger partial charge in [-0.2, -0.15) is 23.8 Å². The van der Waals surface area contributed by atoms with E-state index >= 15 is 0 Å². The van der Waals surface area contributed by atoms with Crippen molar-refractivity contribution in [3.8, 4) is 0 Å². The molecule has 1 amide bonds. The minimum atomic E-state index is -4.84. The number of ketones is 1. The Balaban J connectivity index is 1.85. The van der Waals surface area contributed by atoms with E-state index in [1.165, 1.54) is 24.3 Å². The van der Waals surface area contributed by atoms with Crippen LogP contribution in [0.1, 0.15) is 31.8 Å². The van der Waals surface area contributed by atoms with Crippen molar-refractivity contribution in [2.24, 2.45) is 0 Å². The summed E-state index contributed by atoms with van der Waals surface area (Å²) in [7, 11) is -2.61. The maximum atomic E-state index is 13.6. The van der Waals surface area contributed by atoms with Gasteiger partial charge in [-0.1, -0.05) is 29.3 Å². The fourth-order valence-electron chi connectivity index (χ4n) is 3.27. The van der Waals surface area contributed by atoms with Crippen molar-refractivity contribution in [3.63, 3.8) is 0 Å². The van der Waals surface area contributed by atoms with Gasteiger partial charge in [0.2, 0.25) is 0 Å². The first kappa shape index (κ1) is 24.6. The van der Waals surface area contributed by atoms with Crippen molar-refractivity contribution < 1.29 is 31.9 Å². The van der Waals surface area contributed by atoms with Crippen LogP contribution in [-0.4, -0.2) is 44.5 Å². The van der Waals surface area contributed by atoms with Gasteiger partial charge in [0.05, 0.1) is 23.1 Å². The molecule has 0 bridgehead atoms. The number of carbonyl (C=O) groups excluding carboxylic acids is 2. The Bertz CT molecular complexity index is 1090. The predicted molar refractivity (Wildman–Crippen MR) is 120 cm³/mol. The van der Waals surface area contributed by atoms with Gasteiger partial charge in [-0.3, -0.25) is 18.7 Å². The van der Waals surface area contributed by atoms with E-state index in [1.807, 2.05) is 0 Å². The van der Waals surface area contributed by atoms with E-state index in [9.17, 15) is 31.9 Å². The van der Waals surface area contributed by atoms with Crippen LogP contribution in [0.4, 0.5) is 13.2 Å². The molecule has 1 saturated heterocycles. The summed E-state index contributed by atoms with van der Waals surface area (Å²) >= 11 is 11.6. The van der Waals surface area contributed by atoms with E-state index < -0.39 is 34.0 Å². The standard InChI is InChI=1S/C21H18Cl2F3NO4S/c1-11-4-12(2-3-17(11)20(29)27-16-9-32(30,31)10-16)19(28)8-18(21(24,25)26)13-5-14(22)7-15(23)6-13/h2-8,16,30-31H,9-10H2,1H3,(H,27,29). The van der Waals surface area contributed by atoms with Gasteiger partial charge in [0.25, 0.3) is 5.91 Å². The zero-order valence-corrected chi connectivity index (χ0v) is 18.9. The third kappa shape index (κ3) is 5.85. The molecule has 0 aliphatic carbocycles. The van der Waals surface area contributed by atoms with Gasteiger partial charge in [0.1, 0.15) is 0 Å². The van der Waals surface area contributed by atoms with Crippen LogP contribution < -0.4 is 5.32 Å². The monoisotopic (exact) mass is 507 g/mol. The molecule has 1 aliphatic heterocycles. The first-order valence-electron chi connectivity index (χ1n) is 9.20. The van der Waals surface area contributed by atoms with Crippen molar-refractivity contribution in [1.29, 1.82) is 0 Å². The molecule has 0 aromatic heterocycles. The molecular weight excluding hydrogens is 490 g/mol. The van der Waals surface area contributed by atoms with Gasteiger partial charge in [0.15, 0.2) is 5.78 Å². The molecule has 1 fully saturated rings. The summed E-state index contributed by atoms with van der Waals surface area (Å²) in [5.41, 5.74) is -0.969. The summed E-state index contributed by atoms with van der Waals surface area (Å²) in [4.78, 5) is 25.0. The summed E-state index contributed by atoms with van der Waals surface area (Å²) in [6.07, 6.45) is -4.37. The summed E-state index contributed by atoms with van der Waals surface area (Å²) < 4.78 is 59.7.